The topological polar surface area (TPSA) is 51.7 Å². The van der Waals surface area contributed by atoms with Crippen LogP contribution in [0, 0.1) is 0 Å². The average Bonchev–Trinajstić information content (AvgIpc) is 3.24. The lowest BCUT2D eigenvalue weighted by Gasteiger charge is -2.09. The van der Waals surface area contributed by atoms with E-state index in [0.29, 0.717) is 33.8 Å². The van der Waals surface area contributed by atoms with Crippen LogP contribution in [0.25, 0.3) is 11.7 Å². The van der Waals surface area contributed by atoms with Gasteiger partial charge in [-0.25, -0.2) is 4.98 Å². The van der Waals surface area contributed by atoms with Gasteiger partial charge in [-0.1, -0.05) is 36.8 Å². The molecule has 0 spiro atoms. The minimum absolute atomic E-state index is 0.0687. The number of pyridine rings is 1. The fourth-order valence-electron chi connectivity index (χ4n) is 3.06. The van der Waals surface area contributed by atoms with Crippen molar-refractivity contribution in [2.45, 2.75) is 32.5 Å². The summed E-state index contributed by atoms with van der Waals surface area (Å²) in [4.78, 5) is 21.9. The van der Waals surface area contributed by atoms with Crippen molar-refractivity contribution in [3.8, 4) is 0 Å². The largest absolute Gasteiger partial charge is 0.417 e. The van der Waals surface area contributed by atoms with Gasteiger partial charge in [-0.3, -0.25) is 18.8 Å². The molecule has 0 bridgehead atoms. The third-order valence-electron chi connectivity index (χ3n) is 4.34. The van der Waals surface area contributed by atoms with Crippen molar-refractivity contribution in [2.24, 2.45) is 4.99 Å². The molecule has 0 atom stereocenters. The normalized spacial score (nSPS) is 15.0. The Labute approximate surface area is 160 Å². The molecule has 1 aliphatic rings. The van der Waals surface area contributed by atoms with Crippen LogP contribution in [0.3, 0.4) is 0 Å². The van der Waals surface area contributed by atoms with Crippen molar-refractivity contribution in [1.29, 1.82) is 0 Å². The molecule has 3 aromatic heterocycles. The highest BCUT2D eigenvalue weighted by molar-refractivity contribution is 7.07. The molecular formula is C17H14ClF3N4OS. The number of imidazole rings is 1. The Kier molecular flexibility index (Phi) is 4.19. The van der Waals surface area contributed by atoms with Gasteiger partial charge in [-0.2, -0.15) is 13.2 Å². The van der Waals surface area contributed by atoms with Crippen molar-refractivity contribution in [3.05, 3.63) is 53.9 Å². The zero-order valence-corrected chi connectivity index (χ0v) is 15.9. The first-order valence-corrected chi connectivity index (χ1v) is 9.41. The predicted octanol–water partition coefficient (Wildman–Crippen LogP) is 2.82. The number of alkyl halides is 3. The number of hydrogen-bond acceptors (Lipinski definition) is 4. The Bertz CT molecular complexity index is 1240. The summed E-state index contributed by atoms with van der Waals surface area (Å²) in [5.41, 5.74) is 0.159. The molecule has 10 heteroatoms. The number of hydrogen-bond donors (Lipinski definition) is 0. The second-order valence-corrected chi connectivity index (χ2v) is 7.95. The lowest BCUT2D eigenvalue weighted by Crippen LogP contribution is -2.29. The summed E-state index contributed by atoms with van der Waals surface area (Å²) < 4.78 is 43.0. The Morgan fingerprint density at radius 1 is 1.37 bits per heavy atom. The highest BCUT2D eigenvalue weighted by Gasteiger charge is 2.32. The van der Waals surface area contributed by atoms with Gasteiger partial charge in [0.15, 0.2) is 10.4 Å². The van der Waals surface area contributed by atoms with Crippen LogP contribution in [0.15, 0.2) is 22.1 Å². The second-order valence-electron chi connectivity index (χ2n) is 6.54. The minimum Gasteiger partial charge on any atom is -0.298 e. The van der Waals surface area contributed by atoms with E-state index in [1.807, 2.05) is 13.8 Å². The molecule has 0 saturated carbocycles. The van der Waals surface area contributed by atoms with Crippen LogP contribution in [0.5, 0.6) is 0 Å². The maximum atomic E-state index is 13.2. The molecule has 27 heavy (non-hydrogen) atoms. The molecule has 5 nitrogen and oxygen atoms in total. The Morgan fingerprint density at radius 3 is 2.74 bits per heavy atom. The molecule has 0 aromatic carbocycles. The standard InChI is InChI=1S/C17H14ClF3N4OS/c1-8(2)13-11(6-12-15(26)24-4-3-22-16(24)27-12)25-7-9(17(19,20)21)5-10(18)14(25)23-13/h5-8H,3-4H2,1-2H3/b12-6+. The molecule has 4 heterocycles. The molecule has 0 N–H and O–H groups in total. The molecule has 0 amide bonds. The van der Waals surface area contributed by atoms with E-state index < -0.39 is 11.7 Å². The summed E-state index contributed by atoms with van der Waals surface area (Å²) in [5, 5.41) is -0.0910. The third-order valence-corrected chi connectivity index (χ3v) is 5.66. The van der Waals surface area contributed by atoms with E-state index in [0.717, 1.165) is 12.3 Å². The maximum absolute atomic E-state index is 13.2. The van der Waals surface area contributed by atoms with Gasteiger partial charge in [0.25, 0.3) is 5.56 Å². The van der Waals surface area contributed by atoms with Crippen LogP contribution < -0.4 is 14.9 Å². The van der Waals surface area contributed by atoms with Crippen molar-refractivity contribution >= 4 is 34.7 Å². The van der Waals surface area contributed by atoms with E-state index in [2.05, 4.69) is 9.98 Å². The van der Waals surface area contributed by atoms with E-state index in [1.54, 1.807) is 10.6 Å². The number of thiazole rings is 1. The Balaban J connectivity index is 2.07. The smallest absolute Gasteiger partial charge is 0.298 e. The quantitative estimate of drug-likeness (QED) is 0.647. The van der Waals surface area contributed by atoms with Crippen molar-refractivity contribution in [1.82, 2.24) is 14.0 Å². The van der Waals surface area contributed by atoms with E-state index in [1.165, 1.54) is 15.7 Å². The first kappa shape index (κ1) is 18.2. The molecule has 4 rings (SSSR count). The van der Waals surface area contributed by atoms with Gasteiger partial charge in [0, 0.05) is 12.7 Å². The molecule has 1 aliphatic heterocycles. The monoisotopic (exact) mass is 414 g/mol. The van der Waals surface area contributed by atoms with E-state index in [9.17, 15) is 18.0 Å². The second kappa shape index (κ2) is 6.20. The van der Waals surface area contributed by atoms with E-state index >= 15 is 0 Å². The van der Waals surface area contributed by atoms with E-state index in [-0.39, 0.29) is 22.1 Å². The lowest BCUT2D eigenvalue weighted by atomic mass is 10.1. The minimum atomic E-state index is -4.54. The summed E-state index contributed by atoms with van der Waals surface area (Å²) in [6.07, 6.45) is -1.99. The summed E-state index contributed by atoms with van der Waals surface area (Å²) in [6, 6.07) is 0.866. The lowest BCUT2D eigenvalue weighted by molar-refractivity contribution is -0.137. The van der Waals surface area contributed by atoms with Gasteiger partial charge >= 0.3 is 6.18 Å². The van der Waals surface area contributed by atoms with Gasteiger partial charge in [0.05, 0.1) is 33.1 Å². The fraction of sp³-hybridized carbons (Fsp3) is 0.353. The molecule has 142 valence electrons. The molecule has 0 aliphatic carbocycles. The van der Waals surface area contributed by atoms with Crippen molar-refractivity contribution in [3.63, 3.8) is 0 Å². The molecule has 3 aromatic rings. The first-order chi connectivity index (χ1) is 12.7. The van der Waals surface area contributed by atoms with Crippen molar-refractivity contribution < 1.29 is 13.2 Å². The van der Waals surface area contributed by atoms with Crippen LogP contribution >= 0.6 is 22.9 Å². The molecular weight excluding hydrogens is 401 g/mol. The SMILES string of the molecule is CC(C)c1nc2c(Cl)cc(C(F)(F)F)cn2c1/C=c1/sc2n(c1=O)CCN=2. The molecule has 0 saturated heterocycles. The van der Waals surface area contributed by atoms with Crippen LogP contribution in [0.1, 0.15) is 36.7 Å². The molecule has 0 unspecified atom stereocenters. The molecule has 0 fully saturated rings. The van der Waals surface area contributed by atoms with Gasteiger partial charge in [-0.15, -0.1) is 0 Å². The zero-order chi connectivity index (χ0) is 19.5. The first-order valence-electron chi connectivity index (χ1n) is 8.21. The Hall–Kier alpha value is -2.13. The third kappa shape index (κ3) is 2.98. The van der Waals surface area contributed by atoms with Crippen molar-refractivity contribution in [2.75, 3.05) is 6.54 Å². The zero-order valence-electron chi connectivity index (χ0n) is 14.3. The van der Waals surface area contributed by atoms with Gasteiger partial charge in [-0.05, 0) is 18.1 Å². The number of aromatic nitrogens is 3. The predicted molar refractivity (Wildman–Crippen MR) is 97.1 cm³/mol. The number of halogens is 4. The summed E-state index contributed by atoms with van der Waals surface area (Å²) in [5.74, 6) is -0.0687. The summed E-state index contributed by atoms with van der Waals surface area (Å²) in [7, 11) is 0. The van der Waals surface area contributed by atoms with Crippen LogP contribution in [-0.2, 0) is 12.7 Å². The van der Waals surface area contributed by atoms with Gasteiger partial charge in [0.2, 0.25) is 0 Å². The fourth-order valence-corrected chi connectivity index (χ4v) is 4.31. The van der Waals surface area contributed by atoms with Crippen LogP contribution in [0.4, 0.5) is 13.2 Å². The summed E-state index contributed by atoms with van der Waals surface area (Å²) >= 11 is 7.30. The average molecular weight is 415 g/mol. The highest BCUT2D eigenvalue weighted by Crippen LogP contribution is 2.34. The van der Waals surface area contributed by atoms with E-state index in [4.69, 9.17) is 11.6 Å². The Morgan fingerprint density at radius 2 is 2.11 bits per heavy atom. The number of fused-ring (bicyclic) bond motifs is 2. The number of nitrogens with zero attached hydrogens (tertiary/aromatic N) is 4. The van der Waals surface area contributed by atoms with Crippen LogP contribution in [0.2, 0.25) is 5.02 Å². The van der Waals surface area contributed by atoms with Gasteiger partial charge in [0.1, 0.15) is 0 Å². The summed E-state index contributed by atoms with van der Waals surface area (Å²) in [6.45, 7) is 4.86. The van der Waals surface area contributed by atoms with Crippen LogP contribution in [-0.4, -0.2) is 20.5 Å². The number of rotatable bonds is 2. The highest BCUT2D eigenvalue weighted by atomic mass is 35.5. The van der Waals surface area contributed by atoms with Gasteiger partial charge < -0.3 is 0 Å². The molecule has 0 radical (unpaired) electrons. The maximum Gasteiger partial charge on any atom is 0.417 e.